The number of aliphatic hydroxyl groups is 3. The van der Waals surface area contributed by atoms with Gasteiger partial charge in [-0.3, -0.25) is 9.59 Å². The Morgan fingerprint density at radius 2 is 1.75 bits per heavy atom. The predicted octanol–water partition coefficient (Wildman–Crippen LogP) is 6.04. The Bertz CT molecular complexity index is 1310. The number of allylic oxidation sites excluding steroid dienone is 2. The number of ether oxygens (including phenoxy) is 5. The van der Waals surface area contributed by atoms with Gasteiger partial charge in [-0.25, -0.2) is 4.79 Å². The first-order valence-electron chi connectivity index (χ1n) is 19.6. The van der Waals surface area contributed by atoms with E-state index < -0.39 is 66.7 Å². The topological polar surface area (TPSA) is 184 Å². The number of carbonyl (C=O) groups is 3. The molecule has 3 aliphatic heterocycles. The van der Waals surface area contributed by atoms with Crippen molar-refractivity contribution in [2.45, 2.75) is 175 Å². The highest BCUT2D eigenvalue weighted by molar-refractivity contribution is 5.80. The molecule has 1 fully saturated rings. The van der Waals surface area contributed by atoms with Gasteiger partial charge in [0, 0.05) is 25.2 Å². The van der Waals surface area contributed by atoms with Gasteiger partial charge in [0.1, 0.15) is 30.2 Å². The van der Waals surface area contributed by atoms with E-state index in [0.29, 0.717) is 32.1 Å². The van der Waals surface area contributed by atoms with Crippen molar-refractivity contribution in [3.8, 4) is 0 Å². The quantitative estimate of drug-likeness (QED) is 0.151. The second-order valence-corrected chi connectivity index (χ2v) is 16.1. The molecule has 0 radical (unpaired) electrons. The van der Waals surface area contributed by atoms with Crippen LogP contribution in [-0.2, 0) is 33.3 Å². The molecule has 0 spiro atoms. The van der Waals surface area contributed by atoms with Crippen LogP contribution < -0.4 is 5.73 Å². The van der Waals surface area contributed by atoms with Crippen LogP contribution in [0, 0.1) is 29.6 Å². The van der Waals surface area contributed by atoms with Gasteiger partial charge in [-0.2, -0.15) is 0 Å². The van der Waals surface area contributed by atoms with Gasteiger partial charge in [0.2, 0.25) is 0 Å². The van der Waals surface area contributed by atoms with Crippen LogP contribution in [0.3, 0.4) is 0 Å². The van der Waals surface area contributed by atoms with Gasteiger partial charge >= 0.3 is 12.1 Å². The van der Waals surface area contributed by atoms with Crippen LogP contribution in [-0.4, -0.2) is 88.0 Å². The zero-order chi connectivity index (χ0) is 39.6. The molecule has 53 heavy (non-hydrogen) atoms. The first kappa shape index (κ1) is 44.8. The van der Waals surface area contributed by atoms with Crippen LogP contribution in [0.4, 0.5) is 4.79 Å². The minimum absolute atomic E-state index is 0.00488. The third kappa shape index (κ3) is 13.3. The minimum atomic E-state index is -1.73. The van der Waals surface area contributed by atoms with Gasteiger partial charge in [0.05, 0.1) is 24.7 Å². The van der Waals surface area contributed by atoms with Gasteiger partial charge < -0.3 is 44.7 Å². The maximum atomic E-state index is 13.6. The number of primary amides is 1. The fraction of sp³-hybridized carbons (Fsp3) is 0.780. The number of hydrogen-bond donors (Lipinski definition) is 4. The molecule has 3 heterocycles. The molecule has 0 aromatic heterocycles. The highest BCUT2D eigenvalue weighted by atomic mass is 16.7. The molecule has 0 aromatic rings. The largest absolute Gasteiger partial charge is 0.462 e. The Hall–Kier alpha value is -2.61. The zero-order valence-corrected chi connectivity index (χ0v) is 33.4. The van der Waals surface area contributed by atoms with Gasteiger partial charge in [-0.1, -0.05) is 65.8 Å². The van der Waals surface area contributed by atoms with Crippen molar-refractivity contribution in [1.29, 1.82) is 0 Å². The number of hydrogen-bond acceptors (Lipinski definition) is 11. The van der Waals surface area contributed by atoms with Crippen molar-refractivity contribution < 1.29 is 53.4 Å². The normalized spacial score (nSPS) is 37.6. The van der Waals surface area contributed by atoms with Crippen LogP contribution in [0.15, 0.2) is 35.5 Å². The summed E-state index contributed by atoms with van der Waals surface area (Å²) in [5.74, 6) is -3.23. The summed E-state index contributed by atoms with van der Waals surface area (Å²) in [6.45, 7) is 17.2. The number of aliphatic hydroxyl groups excluding tert-OH is 2. The van der Waals surface area contributed by atoms with Crippen LogP contribution in [0.2, 0.25) is 0 Å². The molecule has 12 nitrogen and oxygen atoms in total. The lowest BCUT2D eigenvalue weighted by Crippen LogP contribution is -2.50. The molecule has 0 aromatic carbocycles. The lowest BCUT2D eigenvalue weighted by Gasteiger charge is -2.38. The number of fused-ring (bicyclic) bond motifs is 2. The second-order valence-electron chi connectivity index (χ2n) is 16.1. The highest BCUT2D eigenvalue weighted by Crippen LogP contribution is 2.35. The molecule has 12 heteroatoms. The van der Waals surface area contributed by atoms with Gasteiger partial charge in [0.15, 0.2) is 12.1 Å². The molecule has 1 amide bonds. The van der Waals surface area contributed by atoms with Crippen molar-refractivity contribution in [2.24, 2.45) is 35.3 Å². The third-order valence-electron chi connectivity index (χ3n) is 11.2. The smallest absolute Gasteiger partial charge is 0.404 e. The summed E-state index contributed by atoms with van der Waals surface area (Å²) >= 11 is 0. The summed E-state index contributed by atoms with van der Waals surface area (Å²) in [6.07, 6.45) is 5.26. The van der Waals surface area contributed by atoms with E-state index in [1.165, 1.54) is 0 Å². The summed E-state index contributed by atoms with van der Waals surface area (Å²) in [7, 11) is 0. The number of nitrogens with two attached hydrogens (primary N) is 1. The number of carbonyl (C=O) groups excluding carboxylic acids is 3. The molecular formula is C41H67NO11. The monoisotopic (exact) mass is 749 g/mol. The number of esters is 1. The van der Waals surface area contributed by atoms with Crippen LogP contribution in [0.25, 0.3) is 0 Å². The van der Waals surface area contributed by atoms with Crippen molar-refractivity contribution >= 4 is 17.8 Å². The fourth-order valence-corrected chi connectivity index (χ4v) is 8.07. The Kier molecular flexibility index (Phi) is 17.2. The van der Waals surface area contributed by atoms with Gasteiger partial charge in [0.25, 0.3) is 0 Å². The minimum Gasteiger partial charge on any atom is -0.462 e. The maximum Gasteiger partial charge on any atom is 0.404 e. The van der Waals surface area contributed by atoms with Crippen LogP contribution >= 0.6 is 0 Å². The average molecular weight is 750 g/mol. The number of rotatable bonds is 10. The number of Topliss-reactive ketones (excluding diaryl/α,β-unsaturated/α-hetero) is 1. The van der Waals surface area contributed by atoms with E-state index in [1.54, 1.807) is 20.8 Å². The maximum absolute atomic E-state index is 13.6. The van der Waals surface area contributed by atoms with Crippen molar-refractivity contribution in [1.82, 2.24) is 0 Å². The Morgan fingerprint density at radius 1 is 1.08 bits per heavy atom. The molecule has 1 saturated heterocycles. The number of cyclic esters (lactones) is 1. The lowest BCUT2D eigenvalue weighted by atomic mass is 9.79. The third-order valence-corrected chi connectivity index (χ3v) is 11.2. The molecule has 14 atom stereocenters. The van der Waals surface area contributed by atoms with E-state index in [1.807, 2.05) is 46.8 Å². The summed E-state index contributed by atoms with van der Waals surface area (Å²) in [5, 5.41) is 33.1. The molecule has 0 unspecified atom stereocenters. The molecular weight excluding hydrogens is 682 g/mol. The van der Waals surface area contributed by atoms with E-state index in [9.17, 15) is 29.7 Å². The molecule has 3 rings (SSSR count). The lowest BCUT2D eigenvalue weighted by molar-refractivity contribution is -0.254. The van der Waals surface area contributed by atoms with E-state index >= 15 is 0 Å². The summed E-state index contributed by atoms with van der Waals surface area (Å²) in [4.78, 5) is 37.5. The Morgan fingerprint density at radius 3 is 2.42 bits per heavy atom. The summed E-state index contributed by atoms with van der Waals surface area (Å²) in [6, 6.07) is 0. The predicted molar refractivity (Wildman–Crippen MR) is 200 cm³/mol. The van der Waals surface area contributed by atoms with E-state index in [0.717, 1.165) is 17.6 Å². The summed E-state index contributed by atoms with van der Waals surface area (Å²) < 4.78 is 30.0. The van der Waals surface area contributed by atoms with Crippen LogP contribution in [0.5, 0.6) is 0 Å². The van der Waals surface area contributed by atoms with Crippen LogP contribution in [0.1, 0.15) is 120 Å². The molecule has 302 valence electrons. The van der Waals surface area contributed by atoms with Crippen molar-refractivity contribution in [2.75, 3.05) is 0 Å². The molecule has 0 aliphatic carbocycles. The SMILES string of the molecule is CCC(=O)[C@@H](C)[C@@H](O)[C@H](C)C[C@@H](C)[C@H]1OC(=O)C[C@@]2(O)CC=C(C)[C@H](O2)/C(C)=C/CCC[C@@H](O[C@@H]2C[C@@H](OC(N)=O)[C@H](O)[C@@H](C)O2)/C=C/[C@H](C)C[C@H]1C. The Labute approximate surface area is 316 Å². The molecule has 5 N–H and O–H groups in total. The fourth-order valence-electron chi connectivity index (χ4n) is 8.07. The first-order chi connectivity index (χ1) is 24.8. The average Bonchev–Trinajstić information content (AvgIpc) is 3.09. The first-order valence-corrected chi connectivity index (χ1v) is 19.6. The van der Waals surface area contributed by atoms with Gasteiger partial charge in [-0.15, -0.1) is 0 Å². The van der Waals surface area contributed by atoms with Crippen molar-refractivity contribution in [3.63, 3.8) is 0 Å². The number of amides is 1. The zero-order valence-electron chi connectivity index (χ0n) is 33.4. The van der Waals surface area contributed by atoms with Crippen molar-refractivity contribution in [3.05, 3.63) is 35.5 Å². The molecule has 0 saturated carbocycles. The molecule has 2 bridgehead atoms. The second kappa shape index (κ2) is 20.3. The Balaban J connectivity index is 1.90. The number of ketones is 1. The van der Waals surface area contributed by atoms with E-state index in [2.05, 4.69) is 19.1 Å². The summed E-state index contributed by atoms with van der Waals surface area (Å²) in [5.41, 5.74) is 7.13. The van der Waals surface area contributed by atoms with E-state index in [-0.39, 0.29) is 54.8 Å². The molecule has 3 aliphatic rings. The van der Waals surface area contributed by atoms with E-state index in [4.69, 9.17) is 29.4 Å². The van der Waals surface area contributed by atoms with Gasteiger partial charge in [-0.05, 0) is 87.7 Å². The highest BCUT2D eigenvalue weighted by Gasteiger charge is 2.41. The standard InChI is InChI=1S/C41H67NO11/c1-10-32(43)29(8)36(45)26(5)20-28(7)38-27(6)19-23(2)15-16-31(50-35-21-33(51-40(42)47)37(46)30(9)49-35)14-12-11-13-24(3)39-25(4)17-18-41(48,53-39)22-34(44)52-38/h13,15-17,23,26-31,33,35-39,45-46,48H,10-12,14,18-22H2,1-9H3,(H2,42,47)/b16-15+,24-13+/t23-,26+,27+,28+,29+,30+,31+,33+,35+,36-,37+,38-,39+,41+/m0/s1.